The summed E-state index contributed by atoms with van der Waals surface area (Å²) >= 11 is 1.73. The van der Waals surface area contributed by atoms with Crippen molar-refractivity contribution in [2.45, 2.75) is 32.6 Å². The van der Waals surface area contributed by atoms with E-state index in [0.29, 0.717) is 5.95 Å². The molecule has 0 saturated heterocycles. The molecule has 0 spiro atoms. The molecule has 0 unspecified atom stereocenters. The molecule has 0 radical (unpaired) electrons. The van der Waals surface area contributed by atoms with Crippen molar-refractivity contribution < 1.29 is 5.11 Å². The lowest BCUT2D eigenvalue weighted by molar-refractivity contribution is 0.253. The van der Waals surface area contributed by atoms with Crippen LogP contribution in [0.3, 0.4) is 0 Å². The standard InChI is InChI=1S/C15H22N4OS/c1-3-10-8-11-12(17-9-15(4-5-15)6-7-20)18-14(16-2)19-13(11)21-10/h8,20H,3-7,9H2,1-2H3,(H2,16,17,18,19). The summed E-state index contributed by atoms with van der Waals surface area (Å²) in [6.07, 6.45) is 4.27. The van der Waals surface area contributed by atoms with E-state index >= 15 is 0 Å². The van der Waals surface area contributed by atoms with Crippen molar-refractivity contribution in [3.8, 4) is 0 Å². The fourth-order valence-electron chi connectivity index (χ4n) is 2.59. The molecule has 1 saturated carbocycles. The lowest BCUT2D eigenvalue weighted by Crippen LogP contribution is -2.17. The molecule has 3 N–H and O–H groups in total. The molecule has 1 fully saturated rings. The van der Waals surface area contributed by atoms with Crippen molar-refractivity contribution in [1.29, 1.82) is 0 Å². The number of aromatic nitrogens is 2. The van der Waals surface area contributed by atoms with Crippen LogP contribution < -0.4 is 10.6 Å². The minimum Gasteiger partial charge on any atom is -0.396 e. The van der Waals surface area contributed by atoms with Crippen LogP contribution in [0, 0.1) is 5.41 Å². The monoisotopic (exact) mass is 306 g/mol. The number of anilines is 2. The van der Waals surface area contributed by atoms with E-state index in [0.717, 1.165) is 35.4 Å². The predicted octanol–water partition coefficient (Wildman–Crippen LogP) is 2.87. The van der Waals surface area contributed by atoms with E-state index in [2.05, 4.69) is 33.6 Å². The van der Waals surface area contributed by atoms with Crippen molar-refractivity contribution in [3.63, 3.8) is 0 Å². The molecule has 0 amide bonds. The highest BCUT2D eigenvalue weighted by Crippen LogP contribution is 2.48. The topological polar surface area (TPSA) is 70.1 Å². The molecular formula is C15H22N4OS. The zero-order chi connectivity index (χ0) is 14.9. The van der Waals surface area contributed by atoms with Gasteiger partial charge in [0.25, 0.3) is 0 Å². The average Bonchev–Trinajstić information content (AvgIpc) is 3.13. The van der Waals surface area contributed by atoms with Gasteiger partial charge < -0.3 is 15.7 Å². The van der Waals surface area contributed by atoms with E-state index in [1.165, 1.54) is 17.7 Å². The van der Waals surface area contributed by atoms with Crippen LogP contribution in [0.25, 0.3) is 10.2 Å². The predicted molar refractivity (Wildman–Crippen MR) is 88.2 cm³/mol. The van der Waals surface area contributed by atoms with Crippen LogP contribution in [0.4, 0.5) is 11.8 Å². The second-order valence-electron chi connectivity index (χ2n) is 5.76. The number of hydrogen-bond acceptors (Lipinski definition) is 6. The molecule has 0 aliphatic heterocycles. The van der Waals surface area contributed by atoms with Crippen molar-refractivity contribution >= 4 is 33.3 Å². The van der Waals surface area contributed by atoms with Gasteiger partial charge in [-0.3, -0.25) is 0 Å². The Morgan fingerprint density at radius 3 is 2.81 bits per heavy atom. The third-order valence-electron chi connectivity index (χ3n) is 4.25. The Morgan fingerprint density at radius 2 is 2.19 bits per heavy atom. The van der Waals surface area contributed by atoms with E-state index in [4.69, 9.17) is 5.11 Å². The van der Waals surface area contributed by atoms with Gasteiger partial charge in [0.2, 0.25) is 5.95 Å². The minimum atomic E-state index is 0.265. The van der Waals surface area contributed by atoms with E-state index in [9.17, 15) is 0 Å². The van der Waals surface area contributed by atoms with Gasteiger partial charge in [0.05, 0.1) is 5.39 Å². The molecule has 6 heteroatoms. The first kappa shape index (κ1) is 14.5. The van der Waals surface area contributed by atoms with Crippen molar-refractivity contribution in [2.24, 2.45) is 5.41 Å². The quantitative estimate of drug-likeness (QED) is 0.734. The maximum Gasteiger partial charge on any atom is 0.225 e. The minimum absolute atomic E-state index is 0.265. The molecule has 2 aromatic rings. The Balaban J connectivity index is 1.87. The fourth-order valence-corrected chi connectivity index (χ4v) is 3.56. The van der Waals surface area contributed by atoms with Crippen LogP contribution in [0.15, 0.2) is 6.07 Å². The second kappa shape index (κ2) is 5.77. The summed E-state index contributed by atoms with van der Waals surface area (Å²) < 4.78 is 0. The first-order chi connectivity index (χ1) is 10.2. The Labute approximate surface area is 128 Å². The van der Waals surface area contributed by atoms with Gasteiger partial charge in [0.15, 0.2) is 0 Å². The number of nitrogens with zero attached hydrogens (tertiary/aromatic N) is 2. The summed E-state index contributed by atoms with van der Waals surface area (Å²) in [6, 6.07) is 2.19. The Kier molecular flexibility index (Phi) is 3.99. The highest BCUT2D eigenvalue weighted by Gasteiger charge is 2.41. The van der Waals surface area contributed by atoms with Gasteiger partial charge in [-0.2, -0.15) is 4.98 Å². The number of hydrogen-bond donors (Lipinski definition) is 3. The highest BCUT2D eigenvalue weighted by atomic mass is 32.1. The molecule has 0 aromatic carbocycles. The molecular weight excluding hydrogens is 284 g/mol. The van der Waals surface area contributed by atoms with Crippen LogP contribution in [0.1, 0.15) is 31.1 Å². The molecule has 3 rings (SSSR count). The molecule has 114 valence electrons. The number of aryl methyl sites for hydroxylation is 1. The lowest BCUT2D eigenvalue weighted by atomic mass is 10.0. The Morgan fingerprint density at radius 1 is 1.38 bits per heavy atom. The molecule has 5 nitrogen and oxygen atoms in total. The normalized spacial score (nSPS) is 16.1. The van der Waals surface area contributed by atoms with Crippen LogP contribution in [-0.4, -0.2) is 35.3 Å². The molecule has 0 bridgehead atoms. The molecule has 2 heterocycles. The molecule has 21 heavy (non-hydrogen) atoms. The molecule has 1 aliphatic rings. The van der Waals surface area contributed by atoms with E-state index in [1.54, 1.807) is 11.3 Å². The number of fused-ring (bicyclic) bond motifs is 1. The summed E-state index contributed by atoms with van der Waals surface area (Å²) in [6.45, 7) is 3.30. The van der Waals surface area contributed by atoms with Gasteiger partial charge in [-0.1, -0.05) is 6.92 Å². The highest BCUT2D eigenvalue weighted by molar-refractivity contribution is 7.18. The fraction of sp³-hybridized carbons (Fsp3) is 0.600. The zero-order valence-electron chi connectivity index (χ0n) is 12.6. The van der Waals surface area contributed by atoms with Crippen LogP contribution >= 0.6 is 11.3 Å². The number of rotatable bonds is 7. The van der Waals surface area contributed by atoms with E-state index in [1.807, 2.05) is 7.05 Å². The van der Waals surface area contributed by atoms with Crippen molar-refractivity contribution in [2.75, 3.05) is 30.8 Å². The van der Waals surface area contributed by atoms with Crippen LogP contribution in [0.2, 0.25) is 0 Å². The lowest BCUT2D eigenvalue weighted by Gasteiger charge is -2.15. The van der Waals surface area contributed by atoms with Crippen molar-refractivity contribution in [1.82, 2.24) is 9.97 Å². The van der Waals surface area contributed by atoms with Gasteiger partial charge >= 0.3 is 0 Å². The number of aliphatic hydroxyl groups excluding tert-OH is 1. The average molecular weight is 306 g/mol. The summed E-state index contributed by atoms with van der Waals surface area (Å²) in [5, 5.41) is 16.8. The first-order valence-corrected chi connectivity index (χ1v) is 8.34. The third kappa shape index (κ3) is 2.96. The summed E-state index contributed by atoms with van der Waals surface area (Å²) in [5.41, 5.74) is 0.273. The van der Waals surface area contributed by atoms with Crippen molar-refractivity contribution in [3.05, 3.63) is 10.9 Å². The molecule has 1 aliphatic carbocycles. The van der Waals surface area contributed by atoms with Gasteiger partial charge in [0.1, 0.15) is 10.6 Å². The van der Waals surface area contributed by atoms with Gasteiger partial charge in [-0.05, 0) is 37.2 Å². The number of thiophene rings is 1. The molecule has 0 atom stereocenters. The van der Waals surface area contributed by atoms with E-state index < -0.39 is 0 Å². The Bertz CT molecular complexity index is 636. The van der Waals surface area contributed by atoms with E-state index in [-0.39, 0.29) is 12.0 Å². The zero-order valence-corrected chi connectivity index (χ0v) is 13.4. The van der Waals surface area contributed by atoms with Crippen LogP contribution in [-0.2, 0) is 6.42 Å². The van der Waals surface area contributed by atoms with Gasteiger partial charge in [-0.25, -0.2) is 4.98 Å². The summed E-state index contributed by atoms with van der Waals surface area (Å²) in [4.78, 5) is 11.5. The summed E-state index contributed by atoms with van der Waals surface area (Å²) in [5.74, 6) is 1.56. The number of nitrogens with one attached hydrogen (secondary N) is 2. The maximum atomic E-state index is 9.17. The van der Waals surface area contributed by atoms with Gasteiger partial charge in [0, 0.05) is 25.1 Å². The number of aliphatic hydroxyl groups is 1. The smallest absolute Gasteiger partial charge is 0.225 e. The third-order valence-corrected chi connectivity index (χ3v) is 5.42. The van der Waals surface area contributed by atoms with Gasteiger partial charge in [-0.15, -0.1) is 11.3 Å². The summed E-state index contributed by atoms with van der Waals surface area (Å²) in [7, 11) is 1.84. The maximum absolute atomic E-state index is 9.17. The SMILES string of the molecule is CCc1cc2c(NCC3(CCO)CC3)nc(NC)nc2s1. The largest absolute Gasteiger partial charge is 0.396 e. The second-order valence-corrected chi connectivity index (χ2v) is 6.87. The van der Waals surface area contributed by atoms with Crippen LogP contribution in [0.5, 0.6) is 0 Å². The Hall–Kier alpha value is -1.40. The molecule has 2 aromatic heterocycles. The first-order valence-electron chi connectivity index (χ1n) is 7.52.